The molecule has 2 nitrogen and oxygen atoms in total. The summed E-state index contributed by atoms with van der Waals surface area (Å²) in [6.45, 7) is 1.61. The second-order valence-electron chi connectivity index (χ2n) is 4.67. The SMILES string of the molecule is Cc1cc(C(Cc2ccc(I)cc2)NN)c(F)cc1F. The number of nitrogens with one attached hydrogen (secondary N) is 1. The maximum absolute atomic E-state index is 13.9. The van der Waals surface area contributed by atoms with Crippen LogP contribution in [-0.2, 0) is 6.42 Å². The van der Waals surface area contributed by atoms with Crippen LogP contribution in [0.5, 0.6) is 0 Å². The molecule has 2 rings (SSSR count). The molecule has 0 aromatic heterocycles. The Morgan fingerprint density at radius 1 is 1.15 bits per heavy atom. The van der Waals surface area contributed by atoms with Crippen LogP contribution < -0.4 is 11.3 Å². The van der Waals surface area contributed by atoms with E-state index in [1.807, 2.05) is 24.3 Å². The van der Waals surface area contributed by atoms with Gasteiger partial charge in [0.25, 0.3) is 0 Å². The quantitative estimate of drug-likeness (QED) is 0.477. The van der Waals surface area contributed by atoms with Gasteiger partial charge in [0, 0.05) is 15.2 Å². The largest absolute Gasteiger partial charge is 0.271 e. The maximum atomic E-state index is 13.9. The third-order valence-electron chi connectivity index (χ3n) is 3.21. The Balaban J connectivity index is 2.28. The maximum Gasteiger partial charge on any atom is 0.130 e. The molecule has 2 aromatic rings. The zero-order chi connectivity index (χ0) is 14.7. The summed E-state index contributed by atoms with van der Waals surface area (Å²) in [6, 6.07) is 9.92. The highest BCUT2D eigenvalue weighted by Gasteiger charge is 2.17. The molecule has 20 heavy (non-hydrogen) atoms. The van der Waals surface area contributed by atoms with Gasteiger partial charge in [-0.25, -0.2) is 8.78 Å². The Morgan fingerprint density at radius 2 is 1.80 bits per heavy atom. The van der Waals surface area contributed by atoms with Crippen LogP contribution in [0, 0.1) is 22.1 Å². The summed E-state index contributed by atoms with van der Waals surface area (Å²) in [5.41, 5.74) is 4.43. The average Bonchev–Trinajstić information content (AvgIpc) is 2.43. The summed E-state index contributed by atoms with van der Waals surface area (Å²) in [7, 11) is 0. The van der Waals surface area contributed by atoms with Crippen LogP contribution in [-0.4, -0.2) is 0 Å². The molecule has 0 saturated heterocycles. The molecule has 0 amide bonds. The summed E-state index contributed by atoms with van der Waals surface area (Å²) in [6.07, 6.45) is 0.537. The third-order valence-corrected chi connectivity index (χ3v) is 3.93. The molecule has 5 heteroatoms. The number of rotatable bonds is 4. The van der Waals surface area contributed by atoms with E-state index in [2.05, 4.69) is 28.0 Å². The van der Waals surface area contributed by atoms with Gasteiger partial charge in [-0.05, 0) is 65.3 Å². The Hall–Kier alpha value is -1.05. The van der Waals surface area contributed by atoms with Crippen molar-refractivity contribution in [2.24, 2.45) is 5.84 Å². The van der Waals surface area contributed by atoms with E-state index in [9.17, 15) is 8.78 Å². The molecule has 0 aliphatic heterocycles. The van der Waals surface area contributed by atoms with Crippen molar-refractivity contribution >= 4 is 22.6 Å². The first-order valence-electron chi connectivity index (χ1n) is 6.17. The highest BCUT2D eigenvalue weighted by Crippen LogP contribution is 2.23. The van der Waals surface area contributed by atoms with Gasteiger partial charge in [-0.2, -0.15) is 0 Å². The first kappa shape index (κ1) is 15.3. The van der Waals surface area contributed by atoms with Crippen molar-refractivity contribution in [3.63, 3.8) is 0 Å². The Bertz CT molecular complexity index is 600. The van der Waals surface area contributed by atoms with Gasteiger partial charge in [0.2, 0.25) is 0 Å². The van der Waals surface area contributed by atoms with E-state index >= 15 is 0 Å². The zero-order valence-electron chi connectivity index (χ0n) is 11.0. The normalized spacial score (nSPS) is 12.4. The van der Waals surface area contributed by atoms with Gasteiger partial charge in [-0.3, -0.25) is 11.3 Å². The van der Waals surface area contributed by atoms with Gasteiger partial charge in [0.05, 0.1) is 6.04 Å². The van der Waals surface area contributed by atoms with Gasteiger partial charge in [-0.15, -0.1) is 0 Å². The van der Waals surface area contributed by atoms with Gasteiger partial charge in [-0.1, -0.05) is 12.1 Å². The van der Waals surface area contributed by atoms with Crippen LogP contribution in [0.25, 0.3) is 0 Å². The Labute approximate surface area is 130 Å². The second-order valence-corrected chi connectivity index (χ2v) is 5.92. The smallest absolute Gasteiger partial charge is 0.130 e. The number of benzene rings is 2. The number of halogens is 3. The predicted octanol–water partition coefficient (Wildman–Crippen LogP) is 3.62. The number of hydrogen-bond acceptors (Lipinski definition) is 2. The van der Waals surface area contributed by atoms with Crippen molar-refractivity contribution in [2.75, 3.05) is 0 Å². The monoisotopic (exact) mass is 388 g/mol. The first-order valence-corrected chi connectivity index (χ1v) is 7.25. The molecular formula is C15H15F2IN2. The predicted molar refractivity (Wildman–Crippen MR) is 84.0 cm³/mol. The van der Waals surface area contributed by atoms with Crippen LogP contribution >= 0.6 is 22.6 Å². The van der Waals surface area contributed by atoms with E-state index in [0.717, 1.165) is 15.2 Å². The summed E-state index contributed by atoms with van der Waals surface area (Å²) in [5, 5.41) is 0. The van der Waals surface area contributed by atoms with E-state index in [0.29, 0.717) is 17.5 Å². The lowest BCUT2D eigenvalue weighted by Crippen LogP contribution is -2.30. The molecule has 106 valence electrons. The van der Waals surface area contributed by atoms with Crippen LogP contribution in [0.1, 0.15) is 22.7 Å². The molecule has 3 N–H and O–H groups in total. The first-order chi connectivity index (χ1) is 9.51. The van der Waals surface area contributed by atoms with Gasteiger partial charge >= 0.3 is 0 Å². The van der Waals surface area contributed by atoms with Gasteiger partial charge < -0.3 is 0 Å². The van der Waals surface area contributed by atoms with Crippen molar-refractivity contribution in [1.82, 2.24) is 5.43 Å². The van der Waals surface area contributed by atoms with E-state index in [4.69, 9.17) is 5.84 Å². The average molecular weight is 388 g/mol. The Morgan fingerprint density at radius 3 is 2.40 bits per heavy atom. The molecule has 0 radical (unpaired) electrons. The number of aryl methyl sites for hydroxylation is 1. The molecule has 0 fully saturated rings. The molecule has 0 heterocycles. The molecule has 0 saturated carbocycles. The van der Waals surface area contributed by atoms with E-state index in [-0.39, 0.29) is 0 Å². The molecule has 0 bridgehead atoms. The fourth-order valence-electron chi connectivity index (χ4n) is 2.06. The van der Waals surface area contributed by atoms with Gasteiger partial charge in [0.1, 0.15) is 11.6 Å². The fraction of sp³-hybridized carbons (Fsp3) is 0.200. The van der Waals surface area contributed by atoms with Crippen LogP contribution in [0.15, 0.2) is 36.4 Å². The van der Waals surface area contributed by atoms with Crippen LogP contribution in [0.2, 0.25) is 0 Å². The standard InChI is InChI=1S/C15H15F2IN2/c1-9-6-12(14(17)8-13(9)16)15(20-19)7-10-2-4-11(18)5-3-10/h2-6,8,15,20H,7,19H2,1H3. The van der Waals surface area contributed by atoms with E-state index in [1.54, 1.807) is 6.92 Å². The lowest BCUT2D eigenvalue weighted by atomic mass is 9.97. The summed E-state index contributed by atoms with van der Waals surface area (Å²) < 4.78 is 28.3. The Kier molecular flexibility index (Phi) is 5.06. The topological polar surface area (TPSA) is 38.0 Å². The molecule has 1 atom stereocenters. The summed E-state index contributed by atoms with van der Waals surface area (Å²) in [5.74, 6) is 4.40. The second kappa shape index (κ2) is 6.60. The number of nitrogens with two attached hydrogens (primary N) is 1. The number of hydrogen-bond donors (Lipinski definition) is 2. The van der Waals surface area contributed by atoms with Crippen LogP contribution in [0.4, 0.5) is 8.78 Å². The van der Waals surface area contributed by atoms with E-state index < -0.39 is 17.7 Å². The third kappa shape index (κ3) is 3.53. The van der Waals surface area contributed by atoms with Crippen molar-refractivity contribution in [1.29, 1.82) is 0 Å². The summed E-state index contributed by atoms with van der Waals surface area (Å²) >= 11 is 2.22. The van der Waals surface area contributed by atoms with Crippen LogP contribution in [0.3, 0.4) is 0 Å². The molecule has 0 aliphatic rings. The number of hydrazine groups is 1. The minimum absolute atomic E-state index is 0.380. The lowest BCUT2D eigenvalue weighted by Gasteiger charge is -2.18. The highest BCUT2D eigenvalue weighted by atomic mass is 127. The summed E-state index contributed by atoms with van der Waals surface area (Å²) in [4.78, 5) is 0. The lowest BCUT2D eigenvalue weighted by molar-refractivity contribution is 0.500. The van der Waals surface area contributed by atoms with Crippen molar-refractivity contribution in [3.8, 4) is 0 Å². The molecule has 1 unspecified atom stereocenters. The fourth-order valence-corrected chi connectivity index (χ4v) is 2.42. The zero-order valence-corrected chi connectivity index (χ0v) is 13.1. The highest BCUT2D eigenvalue weighted by molar-refractivity contribution is 14.1. The van der Waals surface area contributed by atoms with Crippen molar-refractivity contribution in [2.45, 2.75) is 19.4 Å². The molecular weight excluding hydrogens is 373 g/mol. The van der Waals surface area contributed by atoms with Crippen molar-refractivity contribution in [3.05, 3.63) is 68.3 Å². The molecule has 0 aliphatic carbocycles. The van der Waals surface area contributed by atoms with Crippen molar-refractivity contribution < 1.29 is 8.78 Å². The minimum atomic E-state index is -0.582. The molecule has 0 spiro atoms. The molecule has 2 aromatic carbocycles. The minimum Gasteiger partial charge on any atom is -0.271 e. The van der Waals surface area contributed by atoms with E-state index in [1.165, 1.54) is 6.07 Å². The van der Waals surface area contributed by atoms with Gasteiger partial charge in [0.15, 0.2) is 0 Å².